The maximum absolute atomic E-state index is 11.7. The van der Waals surface area contributed by atoms with Crippen molar-refractivity contribution in [1.82, 2.24) is 0 Å². The van der Waals surface area contributed by atoms with E-state index in [1.807, 2.05) is 51.1 Å². The van der Waals surface area contributed by atoms with E-state index in [1.54, 1.807) is 0 Å². The fourth-order valence-corrected chi connectivity index (χ4v) is 4.61. The minimum absolute atomic E-state index is 0.134. The maximum Gasteiger partial charge on any atom is 0.332 e. The van der Waals surface area contributed by atoms with Crippen LogP contribution < -0.4 is 0 Å². The van der Waals surface area contributed by atoms with Gasteiger partial charge in [-0.3, -0.25) is 4.79 Å². The number of benzene rings is 1. The highest BCUT2D eigenvalue weighted by Gasteiger charge is 2.30. The summed E-state index contributed by atoms with van der Waals surface area (Å²) in [5, 5.41) is 0. The van der Waals surface area contributed by atoms with E-state index in [9.17, 15) is 4.79 Å². The van der Waals surface area contributed by atoms with Crippen LogP contribution in [0.5, 0.6) is 0 Å². The summed E-state index contributed by atoms with van der Waals surface area (Å²) >= 11 is 0. The summed E-state index contributed by atoms with van der Waals surface area (Å²) in [7, 11) is -2.06. The van der Waals surface area contributed by atoms with E-state index in [0.717, 1.165) is 24.8 Å². The molecule has 24 heavy (non-hydrogen) atoms. The second kappa shape index (κ2) is 9.96. The molecule has 0 aliphatic heterocycles. The summed E-state index contributed by atoms with van der Waals surface area (Å²) in [5.41, 5.74) is 0.850. The van der Waals surface area contributed by atoms with Crippen molar-refractivity contribution in [3.63, 3.8) is 0 Å². The molecule has 0 heterocycles. The molecule has 5 heteroatoms. The molecule has 0 saturated heterocycles. The minimum atomic E-state index is -2.06. The van der Waals surface area contributed by atoms with Gasteiger partial charge < -0.3 is 13.6 Å². The molecule has 0 amide bonds. The van der Waals surface area contributed by atoms with Crippen LogP contribution in [0.2, 0.25) is 13.1 Å². The Morgan fingerprint density at radius 3 is 2.33 bits per heavy atom. The van der Waals surface area contributed by atoms with Gasteiger partial charge in [0.15, 0.2) is 0 Å². The monoisotopic (exact) mass is 352 g/mol. The number of esters is 1. The Balaban J connectivity index is 2.06. The average molecular weight is 353 g/mol. The molecule has 0 aromatic heterocycles. The van der Waals surface area contributed by atoms with Gasteiger partial charge in [-0.1, -0.05) is 36.8 Å². The first kappa shape index (κ1) is 20.9. The lowest BCUT2D eigenvalue weighted by Crippen LogP contribution is -2.42. The van der Waals surface area contributed by atoms with Crippen LogP contribution in [-0.4, -0.2) is 26.7 Å². The molecule has 0 N–H and O–H groups in total. The first-order valence-corrected chi connectivity index (χ1v) is 11.5. The van der Waals surface area contributed by atoms with Crippen LogP contribution in [0.25, 0.3) is 0 Å². The van der Waals surface area contributed by atoms with Crippen molar-refractivity contribution < 1.29 is 18.4 Å². The molecule has 0 atom stereocenters. The highest BCUT2D eigenvalue weighted by molar-refractivity contribution is 6.64. The lowest BCUT2D eigenvalue weighted by Gasteiger charge is -2.31. The van der Waals surface area contributed by atoms with E-state index >= 15 is 0 Å². The van der Waals surface area contributed by atoms with Gasteiger partial charge in [-0.15, -0.1) is 0 Å². The minimum Gasteiger partial charge on any atom is -0.461 e. The van der Waals surface area contributed by atoms with Gasteiger partial charge in [0.05, 0.1) is 5.60 Å². The molecule has 0 unspecified atom stereocenters. The largest absolute Gasteiger partial charge is 0.461 e. The molecule has 1 aromatic carbocycles. The molecule has 1 aromatic rings. The summed E-state index contributed by atoms with van der Waals surface area (Å²) in [4.78, 5) is 11.7. The van der Waals surface area contributed by atoms with Crippen LogP contribution in [0.3, 0.4) is 0 Å². The van der Waals surface area contributed by atoms with Crippen molar-refractivity contribution in [3.8, 4) is 0 Å². The molecule has 0 saturated carbocycles. The summed E-state index contributed by atoms with van der Waals surface area (Å²) in [6, 6.07) is 9.74. The lowest BCUT2D eigenvalue weighted by atomic mass is 10.2. The van der Waals surface area contributed by atoms with Gasteiger partial charge in [-0.05, 0) is 52.3 Å². The van der Waals surface area contributed by atoms with E-state index in [2.05, 4.69) is 13.1 Å². The molecule has 0 bridgehead atoms. The molecule has 0 aliphatic rings. The van der Waals surface area contributed by atoms with E-state index < -0.39 is 8.56 Å². The highest BCUT2D eigenvalue weighted by Crippen LogP contribution is 2.18. The van der Waals surface area contributed by atoms with Gasteiger partial charge in [0.1, 0.15) is 6.61 Å². The van der Waals surface area contributed by atoms with E-state index in [1.165, 1.54) is 0 Å². The van der Waals surface area contributed by atoms with Crippen LogP contribution in [0.4, 0.5) is 0 Å². The Morgan fingerprint density at radius 2 is 1.71 bits per heavy atom. The standard InChI is InChI=1S/C19H32O4Si/c1-19(2,3)23-24(4,5)22-15-11-7-10-14-18(20)21-16-17-12-8-6-9-13-17/h6,8-9,12-13H,7,10-11,14-16H2,1-5H3. The summed E-state index contributed by atoms with van der Waals surface area (Å²) < 4.78 is 17.2. The van der Waals surface area contributed by atoms with Gasteiger partial charge in [0.2, 0.25) is 0 Å². The number of unbranched alkanes of at least 4 members (excludes halogenated alkanes) is 2. The molecule has 4 nitrogen and oxygen atoms in total. The van der Waals surface area contributed by atoms with E-state index in [0.29, 0.717) is 19.6 Å². The number of ether oxygens (including phenoxy) is 1. The van der Waals surface area contributed by atoms with E-state index in [4.69, 9.17) is 13.6 Å². The lowest BCUT2D eigenvalue weighted by molar-refractivity contribution is -0.145. The molecule has 0 aliphatic carbocycles. The van der Waals surface area contributed by atoms with Gasteiger partial charge in [-0.2, -0.15) is 0 Å². The van der Waals surface area contributed by atoms with Gasteiger partial charge in [0, 0.05) is 13.0 Å². The highest BCUT2D eigenvalue weighted by atomic mass is 28.4. The Bertz CT molecular complexity index is 480. The first-order valence-electron chi connectivity index (χ1n) is 8.72. The van der Waals surface area contributed by atoms with Crippen molar-refractivity contribution in [3.05, 3.63) is 35.9 Å². The Hall–Kier alpha value is -1.17. The van der Waals surface area contributed by atoms with E-state index in [-0.39, 0.29) is 11.6 Å². The predicted octanol–water partition coefficient (Wildman–Crippen LogP) is 4.82. The summed E-state index contributed by atoms with van der Waals surface area (Å²) in [6.45, 7) is 11.3. The van der Waals surface area contributed by atoms with Crippen LogP contribution in [-0.2, 0) is 25.0 Å². The second-order valence-corrected chi connectivity index (χ2v) is 10.7. The number of carbonyl (C=O) groups is 1. The molecule has 136 valence electrons. The zero-order valence-corrected chi connectivity index (χ0v) is 16.8. The number of rotatable bonds is 10. The van der Waals surface area contributed by atoms with Crippen LogP contribution in [0, 0.1) is 0 Å². The first-order chi connectivity index (χ1) is 11.2. The van der Waals surface area contributed by atoms with Crippen molar-refractivity contribution >= 4 is 14.5 Å². The number of hydrogen-bond donors (Lipinski definition) is 0. The average Bonchev–Trinajstić information content (AvgIpc) is 2.47. The van der Waals surface area contributed by atoms with Gasteiger partial charge >= 0.3 is 14.5 Å². The quantitative estimate of drug-likeness (QED) is 0.344. The molecule has 0 spiro atoms. The smallest absolute Gasteiger partial charge is 0.332 e. The van der Waals surface area contributed by atoms with Crippen molar-refractivity contribution in [2.24, 2.45) is 0 Å². The molecular weight excluding hydrogens is 320 g/mol. The fraction of sp³-hybridized carbons (Fsp3) is 0.632. The fourth-order valence-electron chi connectivity index (χ4n) is 2.44. The Kier molecular flexibility index (Phi) is 8.66. The van der Waals surface area contributed by atoms with Gasteiger partial charge in [-0.25, -0.2) is 0 Å². The van der Waals surface area contributed by atoms with Crippen molar-refractivity contribution in [2.75, 3.05) is 6.61 Å². The van der Waals surface area contributed by atoms with Crippen molar-refractivity contribution in [1.29, 1.82) is 0 Å². The molecular formula is C19H32O4Si. The van der Waals surface area contributed by atoms with Crippen LogP contribution >= 0.6 is 0 Å². The second-order valence-electron chi connectivity index (χ2n) is 7.42. The topological polar surface area (TPSA) is 44.8 Å². The molecule has 1 rings (SSSR count). The van der Waals surface area contributed by atoms with Crippen LogP contribution in [0.15, 0.2) is 30.3 Å². The Morgan fingerprint density at radius 1 is 1.04 bits per heavy atom. The molecule has 0 radical (unpaired) electrons. The number of carbonyl (C=O) groups excluding carboxylic acids is 1. The molecule has 0 fully saturated rings. The Labute approximate surface area is 147 Å². The van der Waals surface area contributed by atoms with Gasteiger partial charge in [0.25, 0.3) is 0 Å². The van der Waals surface area contributed by atoms with Crippen molar-refractivity contribution in [2.45, 2.75) is 71.8 Å². The maximum atomic E-state index is 11.7. The normalized spacial score (nSPS) is 12.2. The third-order valence-corrected chi connectivity index (χ3v) is 5.27. The van der Waals surface area contributed by atoms with Crippen LogP contribution in [0.1, 0.15) is 52.0 Å². The zero-order chi connectivity index (χ0) is 18.1. The zero-order valence-electron chi connectivity index (χ0n) is 15.8. The third-order valence-electron chi connectivity index (χ3n) is 3.27. The predicted molar refractivity (Wildman–Crippen MR) is 99.0 cm³/mol. The number of hydrogen-bond acceptors (Lipinski definition) is 4. The third kappa shape index (κ3) is 10.6. The SMILES string of the molecule is CC(C)(C)O[Si](C)(C)OCCCCCC(=O)OCc1ccccc1. The summed E-state index contributed by atoms with van der Waals surface area (Å²) in [6.07, 6.45) is 3.20. The summed E-state index contributed by atoms with van der Waals surface area (Å²) in [5.74, 6) is -0.134.